The predicted molar refractivity (Wildman–Crippen MR) is 107 cm³/mol. The lowest BCUT2D eigenvalue weighted by Gasteiger charge is -2.35. The standard InChI is InChI=1S/C22H32FN3O2/c1-17(2)20-16-24(13-9-21(27)25-11-3-4-12-25)14-10-22(28)26(20)15-18-5-7-19(23)8-6-18/h5-8,17,20H,3-4,9-16H2,1-2H3/t20-/m1/s1. The van der Waals surface area contributed by atoms with Crippen LogP contribution in [0.5, 0.6) is 0 Å². The predicted octanol–water partition coefficient (Wildman–Crippen LogP) is 2.90. The number of hydrogen-bond acceptors (Lipinski definition) is 3. The molecule has 3 rings (SSSR count). The molecule has 6 heteroatoms. The van der Waals surface area contributed by atoms with Gasteiger partial charge >= 0.3 is 0 Å². The van der Waals surface area contributed by atoms with Crippen LogP contribution in [0.2, 0.25) is 0 Å². The van der Waals surface area contributed by atoms with E-state index in [2.05, 4.69) is 18.7 Å². The second-order valence-corrected chi connectivity index (χ2v) is 8.35. The summed E-state index contributed by atoms with van der Waals surface area (Å²) in [6.45, 7) is 8.71. The Bertz CT molecular complexity index is 671. The van der Waals surface area contributed by atoms with Crippen molar-refractivity contribution >= 4 is 11.8 Å². The highest BCUT2D eigenvalue weighted by Crippen LogP contribution is 2.21. The Morgan fingerprint density at radius 1 is 1.14 bits per heavy atom. The average molecular weight is 390 g/mol. The van der Waals surface area contributed by atoms with Crippen LogP contribution in [-0.4, -0.2) is 65.3 Å². The molecule has 0 aromatic heterocycles. The van der Waals surface area contributed by atoms with Gasteiger partial charge in [-0.3, -0.25) is 9.59 Å². The van der Waals surface area contributed by atoms with E-state index in [4.69, 9.17) is 0 Å². The van der Waals surface area contributed by atoms with Gasteiger partial charge in [-0.15, -0.1) is 0 Å². The molecule has 0 saturated carbocycles. The normalized spacial score (nSPS) is 21.4. The highest BCUT2D eigenvalue weighted by Gasteiger charge is 2.32. The molecule has 2 aliphatic heterocycles. The molecule has 0 aliphatic carbocycles. The van der Waals surface area contributed by atoms with Crippen LogP contribution in [0.3, 0.4) is 0 Å². The highest BCUT2D eigenvalue weighted by molar-refractivity contribution is 5.77. The van der Waals surface area contributed by atoms with Crippen molar-refractivity contribution in [3.8, 4) is 0 Å². The fourth-order valence-electron chi connectivity index (χ4n) is 4.18. The Labute approximate surface area is 167 Å². The van der Waals surface area contributed by atoms with Crippen molar-refractivity contribution in [2.75, 3.05) is 32.7 Å². The molecule has 154 valence electrons. The van der Waals surface area contributed by atoms with Crippen LogP contribution < -0.4 is 0 Å². The van der Waals surface area contributed by atoms with E-state index in [1.807, 2.05) is 9.80 Å². The zero-order valence-electron chi connectivity index (χ0n) is 17.1. The highest BCUT2D eigenvalue weighted by atomic mass is 19.1. The van der Waals surface area contributed by atoms with Gasteiger partial charge in [0.25, 0.3) is 0 Å². The zero-order valence-corrected chi connectivity index (χ0v) is 17.1. The summed E-state index contributed by atoms with van der Waals surface area (Å²) in [6.07, 6.45) is 3.20. The van der Waals surface area contributed by atoms with Gasteiger partial charge in [0.1, 0.15) is 5.82 Å². The lowest BCUT2D eigenvalue weighted by atomic mass is 10.0. The van der Waals surface area contributed by atoms with E-state index in [-0.39, 0.29) is 23.7 Å². The van der Waals surface area contributed by atoms with Crippen molar-refractivity contribution < 1.29 is 14.0 Å². The molecule has 2 heterocycles. The Hall–Kier alpha value is -1.95. The number of likely N-dealkylation sites (tertiary alicyclic amines) is 1. The van der Waals surface area contributed by atoms with Gasteiger partial charge in [0.2, 0.25) is 11.8 Å². The lowest BCUT2D eigenvalue weighted by molar-refractivity contribution is -0.134. The molecule has 28 heavy (non-hydrogen) atoms. The number of carbonyl (C=O) groups excluding carboxylic acids is 2. The van der Waals surface area contributed by atoms with Crippen LogP contribution in [0.15, 0.2) is 24.3 Å². The summed E-state index contributed by atoms with van der Waals surface area (Å²) in [7, 11) is 0. The third kappa shape index (κ3) is 5.31. The molecule has 0 spiro atoms. The first-order valence-corrected chi connectivity index (χ1v) is 10.5. The van der Waals surface area contributed by atoms with E-state index in [9.17, 15) is 14.0 Å². The van der Waals surface area contributed by atoms with Crippen LogP contribution in [0.25, 0.3) is 0 Å². The van der Waals surface area contributed by atoms with Crippen LogP contribution in [0.4, 0.5) is 4.39 Å². The number of hydrogen-bond donors (Lipinski definition) is 0. The SMILES string of the molecule is CC(C)[C@H]1CN(CCC(=O)N2CCCC2)CCC(=O)N1Cc1ccc(F)cc1. The first-order chi connectivity index (χ1) is 13.4. The quantitative estimate of drug-likeness (QED) is 0.751. The van der Waals surface area contributed by atoms with Crippen molar-refractivity contribution in [1.82, 2.24) is 14.7 Å². The fraction of sp³-hybridized carbons (Fsp3) is 0.636. The Morgan fingerprint density at radius 2 is 1.82 bits per heavy atom. The number of nitrogens with zero attached hydrogens (tertiary/aromatic N) is 3. The molecular formula is C22H32FN3O2. The topological polar surface area (TPSA) is 43.9 Å². The van der Waals surface area contributed by atoms with Crippen molar-refractivity contribution in [3.05, 3.63) is 35.6 Å². The van der Waals surface area contributed by atoms with E-state index >= 15 is 0 Å². The second-order valence-electron chi connectivity index (χ2n) is 8.35. The van der Waals surface area contributed by atoms with Gasteiger partial charge in [-0.25, -0.2) is 4.39 Å². The van der Waals surface area contributed by atoms with Gasteiger partial charge in [-0.2, -0.15) is 0 Å². The van der Waals surface area contributed by atoms with Gasteiger partial charge < -0.3 is 14.7 Å². The second kappa shape index (κ2) is 9.50. The number of amides is 2. The monoisotopic (exact) mass is 389 g/mol. The molecule has 0 unspecified atom stereocenters. The van der Waals surface area contributed by atoms with Crippen LogP contribution in [0.1, 0.15) is 45.1 Å². The van der Waals surface area contributed by atoms with Gasteiger partial charge in [0.15, 0.2) is 0 Å². The van der Waals surface area contributed by atoms with Crippen molar-refractivity contribution in [1.29, 1.82) is 0 Å². The fourth-order valence-corrected chi connectivity index (χ4v) is 4.18. The van der Waals surface area contributed by atoms with Crippen LogP contribution >= 0.6 is 0 Å². The molecule has 0 radical (unpaired) electrons. The zero-order chi connectivity index (χ0) is 20.1. The number of carbonyl (C=O) groups is 2. The van der Waals surface area contributed by atoms with Gasteiger partial charge in [0, 0.05) is 58.2 Å². The molecule has 2 saturated heterocycles. The minimum absolute atomic E-state index is 0.0851. The number of benzene rings is 1. The minimum atomic E-state index is -0.264. The maximum absolute atomic E-state index is 13.2. The van der Waals surface area contributed by atoms with Crippen LogP contribution in [-0.2, 0) is 16.1 Å². The van der Waals surface area contributed by atoms with Crippen LogP contribution in [0, 0.1) is 11.7 Å². The largest absolute Gasteiger partial charge is 0.343 e. The van der Waals surface area contributed by atoms with E-state index in [1.54, 1.807) is 12.1 Å². The first-order valence-electron chi connectivity index (χ1n) is 10.5. The molecule has 2 fully saturated rings. The smallest absolute Gasteiger partial charge is 0.224 e. The number of halogens is 1. The Balaban J connectivity index is 1.63. The van der Waals surface area contributed by atoms with Crippen molar-refractivity contribution in [2.24, 2.45) is 5.92 Å². The molecule has 1 aromatic carbocycles. The van der Waals surface area contributed by atoms with E-state index < -0.39 is 0 Å². The summed E-state index contributed by atoms with van der Waals surface area (Å²) in [5, 5.41) is 0. The maximum atomic E-state index is 13.2. The van der Waals surface area contributed by atoms with E-state index in [1.165, 1.54) is 12.1 Å². The molecule has 0 bridgehead atoms. The summed E-state index contributed by atoms with van der Waals surface area (Å²) >= 11 is 0. The maximum Gasteiger partial charge on any atom is 0.224 e. The molecule has 0 N–H and O–H groups in total. The summed E-state index contributed by atoms with van der Waals surface area (Å²) in [5.41, 5.74) is 0.943. The average Bonchev–Trinajstić information content (AvgIpc) is 3.16. The minimum Gasteiger partial charge on any atom is -0.343 e. The van der Waals surface area contributed by atoms with Crippen molar-refractivity contribution in [2.45, 2.75) is 52.1 Å². The van der Waals surface area contributed by atoms with Crippen molar-refractivity contribution in [3.63, 3.8) is 0 Å². The Morgan fingerprint density at radius 3 is 2.46 bits per heavy atom. The molecule has 5 nitrogen and oxygen atoms in total. The molecule has 1 aromatic rings. The molecular weight excluding hydrogens is 357 g/mol. The number of rotatable bonds is 6. The van der Waals surface area contributed by atoms with E-state index in [0.29, 0.717) is 38.4 Å². The van der Waals surface area contributed by atoms with Gasteiger partial charge in [-0.05, 0) is 36.5 Å². The summed E-state index contributed by atoms with van der Waals surface area (Å²) in [4.78, 5) is 31.4. The third-order valence-electron chi connectivity index (χ3n) is 5.94. The summed E-state index contributed by atoms with van der Waals surface area (Å²) in [5.74, 6) is 0.410. The lowest BCUT2D eigenvalue weighted by Crippen LogP contribution is -2.46. The first kappa shape index (κ1) is 20.8. The summed E-state index contributed by atoms with van der Waals surface area (Å²) < 4.78 is 13.2. The summed E-state index contributed by atoms with van der Waals surface area (Å²) in [6, 6.07) is 6.47. The van der Waals surface area contributed by atoms with E-state index in [0.717, 1.165) is 38.0 Å². The van der Waals surface area contributed by atoms with Gasteiger partial charge in [0.05, 0.1) is 0 Å². The molecule has 2 aliphatic rings. The molecule has 2 amide bonds. The van der Waals surface area contributed by atoms with Gasteiger partial charge in [-0.1, -0.05) is 26.0 Å². The Kier molecular flexibility index (Phi) is 7.05. The third-order valence-corrected chi connectivity index (χ3v) is 5.94. The molecule has 1 atom stereocenters.